The van der Waals surface area contributed by atoms with E-state index in [2.05, 4.69) is 25.9 Å². The summed E-state index contributed by atoms with van der Waals surface area (Å²) in [5.74, 6) is -0.711. The monoisotopic (exact) mass is 493 g/mol. The van der Waals surface area contributed by atoms with Gasteiger partial charge >= 0.3 is 11.9 Å². The van der Waals surface area contributed by atoms with Crippen molar-refractivity contribution < 1.29 is 19.1 Å². The molecule has 0 aliphatic rings. The number of ether oxygens (including phenoxy) is 2. The molecule has 10 heteroatoms. The van der Waals surface area contributed by atoms with E-state index in [1.165, 1.54) is 14.2 Å². The minimum Gasteiger partial charge on any atom is -0.469 e. The number of thiophene rings is 1. The van der Waals surface area contributed by atoms with Crippen molar-refractivity contribution >= 4 is 49.4 Å². The molecule has 0 radical (unpaired) electrons. The number of hydrogen-bond donors (Lipinski definition) is 1. The topological polar surface area (TPSA) is 102 Å². The van der Waals surface area contributed by atoms with Gasteiger partial charge in [0.2, 0.25) is 0 Å². The van der Waals surface area contributed by atoms with Crippen LogP contribution >= 0.6 is 27.3 Å². The molecule has 2 aromatic heterocycles. The van der Waals surface area contributed by atoms with Crippen LogP contribution in [0.5, 0.6) is 0 Å². The predicted octanol–water partition coefficient (Wildman–Crippen LogP) is 2.88. The number of benzene rings is 1. The Hall–Kier alpha value is -2.56. The predicted molar refractivity (Wildman–Crippen MR) is 117 cm³/mol. The quantitative estimate of drug-likeness (QED) is 0.504. The maximum absolute atomic E-state index is 12.8. The van der Waals surface area contributed by atoms with E-state index in [4.69, 9.17) is 9.47 Å². The van der Waals surface area contributed by atoms with Crippen LogP contribution in [0.4, 0.5) is 0 Å². The first-order valence-corrected chi connectivity index (χ1v) is 10.6. The molecular weight excluding hydrogens is 474 g/mol. The van der Waals surface area contributed by atoms with Crippen LogP contribution < -0.4 is 5.56 Å². The highest BCUT2D eigenvalue weighted by Gasteiger charge is 2.24. The number of aromatic amines is 1. The summed E-state index contributed by atoms with van der Waals surface area (Å²) in [6.45, 7) is 1.07. The summed E-state index contributed by atoms with van der Waals surface area (Å²) in [6, 6.07) is 7.97. The van der Waals surface area contributed by atoms with Crippen molar-refractivity contribution in [1.29, 1.82) is 0 Å². The fourth-order valence-corrected chi connectivity index (χ4v) is 4.44. The molecule has 3 aromatic rings. The standard InChI is InChI=1S/C20H20BrN3O5S/c1-24(9-11-4-6-12(21)7-5-11)10-14-22-18(26)16-13(8-15(25)28-2)17(20(27)29-3)30-19(16)23-14/h4-7H,8-10H2,1-3H3,(H,22,23,26). The maximum atomic E-state index is 12.8. The van der Waals surface area contributed by atoms with Crippen molar-refractivity contribution in [3.05, 3.63) is 60.9 Å². The van der Waals surface area contributed by atoms with Gasteiger partial charge in [-0.05, 0) is 24.7 Å². The zero-order valence-electron chi connectivity index (χ0n) is 16.7. The van der Waals surface area contributed by atoms with Gasteiger partial charge < -0.3 is 14.5 Å². The summed E-state index contributed by atoms with van der Waals surface area (Å²) in [6.07, 6.45) is -0.214. The molecule has 1 N–H and O–H groups in total. The number of fused-ring (bicyclic) bond motifs is 1. The lowest BCUT2D eigenvalue weighted by molar-refractivity contribution is -0.139. The lowest BCUT2D eigenvalue weighted by Crippen LogP contribution is -2.22. The van der Waals surface area contributed by atoms with Crippen LogP contribution in [-0.4, -0.2) is 48.1 Å². The van der Waals surface area contributed by atoms with Crippen LogP contribution in [0.3, 0.4) is 0 Å². The van der Waals surface area contributed by atoms with Gasteiger partial charge in [-0.3, -0.25) is 14.5 Å². The molecule has 0 saturated carbocycles. The second-order valence-corrected chi connectivity index (χ2v) is 8.56. The van der Waals surface area contributed by atoms with E-state index in [9.17, 15) is 14.4 Å². The first-order valence-electron chi connectivity index (χ1n) is 8.95. The van der Waals surface area contributed by atoms with Gasteiger partial charge in [-0.25, -0.2) is 9.78 Å². The highest BCUT2D eigenvalue weighted by Crippen LogP contribution is 2.29. The van der Waals surface area contributed by atoms with Crippen LogP contribution in [-0.2, 0) is 33.8 Å². The fourth-order valence-electron chi connectivity index (χ4n) is 3.04. The highest BCUT2D eigenvalue weighted by atomic mass is 79.9. The van der Waals surface area contributed by atoms with Crippen molar-refractivity contribution in [2.75, 3.05) is 21.3 Å². The molecule has 2 heterocycles. The molecular formula is C20H20BrN3O5S. The summed E-state index contributed by atoms with van der Waals surface area (Å²) in [4.78, 5) is 46.6. The molecule has 3 rings (SSSR count). The van der Waals surface area contributed by atoms with E-state index in [0.29, 0.717) is 23.7 Å². The van der Waals surface area contributed by atoms with Gasteiger partial charge in [0, 0.05) is 16.6 Å². The third-order valence-corrected chi connectivity index (χ3v) is 6.05. The normalized spacial score (nSPS) is 11.1. The van der Waals surface area contributed by atoms with Gasteiger partial charge in [0.15, 0.2) is 0 Å². The molecule has 0 unspecified atom stereocenters. The average molecular weight is 494 g/mol. The molecule has 0 atom stereocenters. The molecule has 0 amide bonds. The lowest BCUT2D eigenvalue weighted by atomic mass is 10.1. The molecule has 0 bridgehead atoms. The van der Waals surface area contributed by atoms with Crippen molar-refractivity contribution in [1.82, 2.24) is 14.9 Å². The Kier molecular flexibility index (Phi) is 7.01. The molecule has 1 aromatic carbocycles. The number of carbonyl (C=O) groups is 2. The van der Waals surface area contributed by atoms with Crippen molar-refractivity contribution in [2.45, 2.75) is 19.5 Å². The second-order valence-electron chi connectivity index (χ2n) is 6.65. The zero-order valence-corrected chi connectivity index (χ0v) is 19.1. The van der Waals surface area contributed by atoms with Gasteiger partial charge in [-0.2, -0.15) is 0 Å². The number of nitrogens with zero attached hydrogens (tertiary/aromatic N) is 2. The summed E-state index contributed by atoms with van der Waals surface area (Å²) < 4.78 is 10.5. The Labute approximate surface area is 185 Å². The number of hydrogen-bond acceptors (Lipinski definition) is 8. The average Bonchev–Trinajstić information content (AvgIpc) is 3.07. The third kappa shape index (κ3) is 4.94. The van der Waals surface area contributed by atoms with E-state index in [0.717, 1.165) is 21.4 Å². The molecule has 0 saturated heterocycles. The molecule has 0 aliphatic carbocycles. The number of esters is 2. The van der Waals surface area contributed by atoms with E-state index >= 15 is 0 Å². The summed E-state index contributed by atoms with van der Waals surface area (Å²) >= 11 is 4.45. The Balaban J connectivity index is 1.92. The molecule has 0 fully saturated rings. The molecule has 0 aliphatic heterocycles. The van der Waals surface area contributed by atoms with Gasteiger partial charge in [0.25, 0.3) is 5.56 Å². The number of H-pyrrole nitrogens is 1. The van der Waals surface area contributed by atoms with Crippen molar-refractivity contribution in [2.24, 2.45) is 0 Å². The van der Waals surface area contributed by atoms with E-state index in [-0.39, 0.29) is 22.2 Å². The molecule has 8 nitrogen and oxygen atoms in total. The van der Waals surface area contributed by atoms with Gasteiger partial charge in [-0.1, -0.05) is 28.1 Å². The Morgan fingerprint density at radius 2 is 1.87 bits per heavy atom. The highest BCUT2D eigenvalue weighted by molar-refractivity contribution is 9.10. The number of carbonyl (C=O) groups excluding carboxylic acids is 2. The van der Waals surface area contributed by atoms with Crippen LogP contribution in [0.2, 0.25) is 0 Å². The minimum absolute atomic E-state index is 0.177. The van der Waals surface area contributed by atoms with Crippen LogP contribution in [0.1, 0.15) is 26.6 Å². The largest absolute Gasteiger partial charge is 0.469 e. The van der Waals surface area contributed by atoms with Crippen molar-refractivity contribution in [3.8, 4) is 0 Å². The smallest absolute Gasteiger partial charge is 0.348 e. The van der Waals surface area contributed by atoms with Crippen LogP contribution in [0, 0.1) is 0 Å². The first kappa shape index (κ1) is 22.1. The number of methoxy groups -OCH3 is 2. The molecule has 30 heavy (non-hydrogen) atoms. The third-order valence-electron chi connectivity index (χ3n) is 4.41. The molecule has 0 spiro atoms. The van der Waals surface area contributed by atoms with Gasteiger partial charge in [0.05, 0.1) is 32.6 Å². The van der Waals surface area contributed by atoms with Crippen molar-refractivity contribution in [3.63, 3.8) is 0 Å². The summed E-state index contributed by atoms with van der Waals surface area (Å²) in [5, 5.41) is 0.213. The number of nitrogens with one attached hydrogen (secondary N) is 1. The SMILES string of the molecule is COC(=O)Cc1c(C(=O)OC)sc2nc(CN(C)Cc3ccc(Br)cc3)[nH]c(=O)c12. The van der Waals surface area contributed by atoms with Gasteiger partial charge in [-0.15, -0.1) is 11.3 Å². The summed E-state index contributed by atoms with van der Waals surface area (Å²) in [7, 11) is 4.41. The van der Waals surface area contributed by atoms with E-state index < -0.39 is 17.5 Å². The Morgan fingerprint density at radius 3 is 2.50 bits per heavy atom. The van der Waals surface area contributed by atoms with Crippen LogP contribution in [0.15, 0.2) is 33.5 Å². The zero-order chi connectivity index (χ0) is 21.8. The minimum atomic E-state index is -0.620. The number of rotatable bonds is 7. The number of aromatic nitrogens is 2. The Morgan fingerprint density at radius 1 is 1.17 bits per heavy atom. The number of halogens is 1. The lowest BCUT2D eigenvalue weighted by Gasteiger charge is -2.16. The van der Waals surface area contributed by atoms with E-state index in [1.807, 2.05) is 36.2 Å². The molecule has 158 valence electrons. The first-order chi connectivity index (χ1) is 14.3. The second kappa shape index (κ2) is 9.50. The maximum Gasteiger partial charge on any atom is 0.348 e. The summed E-state index contributed by atoms with van der Waals surface area (Å²) in [5.41, 5.74) is 0.989. The van der Waals surface area contributed by atoms with Crippen LogP contribution in [0.25, 0.3) is 10.2 Å². The van der Waals surface area contributed by atoms with E-state index in [1.54, 1.807) is 0 Å². The van der Waals surface area contributed by atoms with Gasteiger partial charge in [0.1, 0.15) is 15.5 Å². The Bertz CT molecular complexity index is 1140. The fraction of sp³-hybridized carbons (Fsp3) is 0.300.